The summed E-state index contributed by atoms with van der Waals surface area (Å²) in [6.45, 7) is 5.14. The molecule has 6 heteroatoms. The highest BCUT2D eigenvalue weighted by Gasteiger charge is 2.21. The first-order valence-electron chi connectivity index (χ1n) is 7.56. The summed E-state index contributed by atoms with van der Waals surface area (Å²) in [7, 11) is 1.70. The van der Waals surface area contributed by atoms with Gasteiger partial charge in [0.25, 0.3) is 0 Å². The molecule has 0 aliphatic carbocycles. The maximum Gasteiger partial charge on any atom is 0.315 e. The first-order valence-corrected chi connectivity index (χ1v) is 7.56. The van der Waals surface area contributed by atoms with E-state index in [9.17, 15) is 10.1 Å². The molecule has 1 aromatic rings. The fraction of sp³-hybridized carbons (Fsp3) is 0.600. The van der Waals surface area contributed by atoms with Crippen LogP contribution in [-0.2, 0) is 0 Å². The normalized spacial score (nSPS) is 17.2. The van der Waals surface area contributed by atoms with Crippen LogP contribution in [0.5, 0.6) is 0 Å². The van der Waals surface area contributed by atoms with Crippen molar-refractivity contribution in [2.24, 2.45) is 0 Å². The predicted octanol–water partition coefficient (Wildman–Crippen LogP) is 2.92. The molecule has 1 fully saturated rings. The maximum absolute atomic E-state index is 11.3. The molecule has 6 nitrogen and oxygen atoms in total. The van der Waals surface area contributed by atoms with Gasteiger partial charge in [0.2, 0.25) is 0 Å². The van der Waals surface area contributed by atoms with Crippen molar-refractivity contribution in [1.29, 1.82) is 0 Å². The lowest BCUT2D eigenvalue weighted by molar-refractivity contribution is -0.383. The zero-order chi connectivity index (χ0) is 15.2. The van der Waals surface area contributed by atoms with Gasteiger partial charge in [-0.2, -0.15) is 0 Å². The fourth-order valence-electron chi connectivity index (χ4n) is 2.83. The van der Waals surface area contributed by atoms with Crippen LogP contribution >= 0.6 is 0 Å². The van der Waals surface area contributed by atoms with E-state index in [0.29, 0.717) is 24.0 Å². The Kier molecular flexibility index (Phi) is 5.38. The quantitative estimate of drug-likeness (QED) is 0.623. The van der Waals surface area contributed by atoms with Crippen LogP contribution in [0.4, 0.5) is 17.1 Å². The van der Waals surface area contributed by atoms with Crippen molar-refractivity contribution in [2.75, 3.05) is 37.3 Å². The summed E-state index contributed by atoms with van der Waals surface area (Å²) < 4.78 is 0. The van der Waals surface area contributed by atoms with Gasteiger partial charge in [-0.1, -0.05) is 12.5 Å². The Labute approximate surface area is 125 Å². The van der Waals surface area contributed by atoms with Crippen molar-refractivity contribution >= 4 is 17.1 Å². The number of hydrogen-bond donors (Lipinski definition) is 2. The Bertz CT molecular complexity index is 487. The van der Waals surface area contributed by atoms with Crippen LogP contribution < -0.4 is 10.6 Å². The third-order valence-corrected chi connectivity index (χ3v) is 4.09. The minimum absolute atomic E-state index is 0.117. The molecule has 2 rings (SSSR count). The zero-order valence-electron chi connectivity index (χ0n) is 12.8. The molecule has 2 N–H and O–H groups in total. The summed E-state index contributed by atoms with van der Waals surface area (Å²) in [5, 5.41) is 17.4. The number of nitrogens with zero attached hydrogens (tertiary/aromatic N) is 2. The Morgan fingerprint density at radius 1 is 1.29 bits per heavy atom. The van der Waals surface area contributed by atoms with Crippen LogP contribution in [0.15, 0.2) is 18.2 Å². The average Bonchev–Trinajstić information content (AvgIpc) is 2.52. The van der Waals surface area contributed by atoms with Gasteiger partial charge < -0.3 is 10.6 Å². The lowest BCUT2D eigenvalue weighted by atomic mass is 10.1. The van der Waals surface area contributed by atoms with Crippen LogP contribution in [0, 0.1) is 10.1 Å². The summed E-state index contributed by atoms with van der Waals surface area (Å²) in [6.07, 6.45) is 3.81. The molecule has 1 unspecified atom stereocenters. The summed E-state index contributed by atoms with van der Waals surface area (Å²) >= 11 is 0. The van der Waals surface area contributed by atoms with Gasteiger partial charge in [-0.3, -0.25) is 15.0 Å². The third kappa shape index (κ3) is 3.85. The number of hydrogen-bond acceptors (Lipinski definition) is 5. The van der Waals surface area contributed by atoms with Gasteiger partial charge in [-0.15, -0.1) is 0 Å². The van der Waals surface area contributed by atoms with Gasteiger partial charge in [0.05, 0.1) is 4.92 Å². The summed E-state index contributed by atoms with van der Waals surface area (Å²) in [4.78, 5) is 13.4. The molecule has 0 bridgehead atoms. The SMILES string of the molecule is CNc1cccc(NCC(C)N2CCCCC2)c1[N+](=O)[O-]. The molecule has 0 spiro atoms. The van der Waals surface area contributed by atoms with Crippen LogP contribution in [0.1, 0.15) is 26.2 Å². The first kappa shape index (κ1) is 15.6. The lowest BCUT2D eigenvalue weighted by Crippen LogP contribution is -2.41. The van der Waals surface area contributed by atoms with Crippen molar-refractivity contribution in [3.05, 3.63) is 28.3 Å². The zero-order valence-corrected chi connectivity index (χ0v) is 12.8. The predicted molar refractivity (Wildman–Crippen MR) is 86.0 cm³/mol. The molecule has 0 aromatic heterocycles. The Hall–Kier alpha value is -1.82. The van der Waals surface area contributed by atoms with Crippen LogP contribution in [0.25, 0.3) is 0 Å². The topological polar surface area (TPSA) is 70.4 Å². The highest BCUT2D eigenvalue weighted by atomic mass is 16.6. The number of benzene rings is 1. The summed E-state index contributed by atoms with van der Waals surface area (Å²) in [5.41, 5.74) is 1.23. The molecule has 21 heavy (non-hydrogen) atoms. The minimum Gasteiger partial charge on any atom is -0.382 e. The van der Waals surface area contributed by atoms with Crippen molar-refractivity contribution in [3.8, 4) is 0 Å². The van der Waals surface area contributed by atoms with Crippen molar-refractivity contribution in [2.45, 2.75) is 32.2 Å². The van der Waals surface area contributed by atoms with Crippen LogP contribution in [0.2, 0.25) is 0 Å². The molecule has 0 amide bonds. The number of piperidine rings is 1. The fourth-order valence-corrected chi connectivity index (χ4v) is 2.83. The second-order valence-corrected chi connectivity index (χ2v) is 5.54. The smallest absolute Gasteiger partial charge is 0.315 e. The van der Waals surface area contributed by atoms with Crippen LogP contribution in [0.3, 0.4) is 0 Å². The second kappa shape index (κ2) is 7.26. The van der Waals surface area contributed by atoms with E-state index in [1.807, 2.05) is 6.07 Å². The van der Waals surface area contributed by atoms with E-state index in [0.717, 1.165) is 13.1 Å². The molecule has 1 aliphatic rings. The molecular formula is C15H24N4O2. The van der Waals surface area contributed by atoms with Crippen molar-refractivity contribution in [3.63, 3.8) is 0 Å². The Morgan fingerprint density at radius 3 is 2.57 bits per heavy atom. The van der Waals surface area contributed by atoms with E-state index in [-0.39, 0.29) is 10.6 Å². The van der Waals surface area contributed by atoms with E-state index >= 15 is 0 Å². The number of nitro groups is 1. The first-order chi connectivity index (χ1) is 10.1. The third-order valence-electron chi connectivity index (χ3n) is 4.09. The summed E-state index contributed by atoms with van der Waals surface area (Å²) in [5.74, 6) is 0. The average molecular weight is 292 g/mol. The number of anilines is 2. The standard InChI is InChI=1S/C15H24N4O2/c1-12(18-9-4-3-5-10-18)11-17-14-8-6-7-13(16-2)15(14)19(20)21/h6-8,12,16-17H,3-5,9-11H2,1-2H3. The van der Waals surface area contributed by atoms with Crippen molar-refractivity contribution < 1.29 is 4.92 Å². The molecule has 1 heterocycles. The highest BCUT2D eigenvalue weighted by molar-refractivity contribution is 5.76. The molecule has 1 saturated heterocycles. The van der Waals surface area contributed by atoms with E-state index in [1.54, 1.807) is 19.2 Å². The monoisotopic (exact) mass is 292 g/mol. The number of likely N-dealkylation sites (tertiary alicyclic amines) is 1. The lowest BCUT2D eigenvalue weighted by Gasteiger charge is -2.32. The van der Waals surface area contributed by atoms with Gasteiger partial charge in [0.1, 0.15) is 11.4 Å². The molecule has 1 aliphatic heterocycles. The Morgan fingerprint density at radius 2 is 1.95 bits per heavy atom. The van der Waals surface area contributed by atoms with Gasteiger partial charge in [-0.05, 0) is 45.0 Å². The molecule has 1 atom stereocenters. The molecule has 0 radical (unpaired) electrons. The van der Waals surface area contributed by atoms with Crippen molar-refractivity contribution in [1.82, 2.24) is 4.90 Å². The van der Waals surface area contributed by atoms with Crippen LogP contribution in [-0.4, -0.2) is 42.5 Å². The molecule has 116 valence electrons. The second-order valence-electron chi connectivity index (χ2n) is 5.54. The largest absolute Gasteiger partial charge is 0.382 e. The Balaban J connectivity index is 2.03. The van der Waals surface area contributed by atoms with Gasteiger partial charge >= 0.3 is 5.69 Å². The van der Waals surface area contributed by atoms with E-state index in [1.165, 1.54) is 19.3 Å². The molecule has 0 saturated carbocycles. The highest BCUT2D eigenvalue weighted by Crippen LogP contribution is 2.32. The summed E-state index contributed by atoms with van der Waals surface area (Å²) in [6, 6.07) is 5.69. The van der Waals surface area contributed by atoms with E-state index in [2.05, 4.69) is 22.5 Å². The minimum atomic E-state index is -0.334. The maximum atomic E-state index is 11.3. The molecule has 1 aromatic carbocycles. The van der Waals surface area contributed by atoms with Gasteiger partial charge in [0, 0.05) is 19.6 Å². The number of para-hydroxylation sites is 1. The number of nitro benzene ring substituents is 1. The van der Waals surface area contributed by atoms with E-state index < -0.39 is 0 Å². The van der Waals surface area contributed by atoms with E-state index in [4.69, 9.17) is 0 Å². The number of nitrogens with one attached hydrogen (secondary N) is 2. The molecular weight excluding hydrogens is 268 g/mol. The number of rotatable bonds is 6. The van der Waals surface area contributed by atoms with Gasteiger partial charge in [-0.25, -0.2) is 0 Å². The van der Waals surface area contributed by atoms with Gasteiger partial charge in [0.15, 0.2) is 0 Å².